The molecule has 0 saturated carbocycles. The monoisotopic (exact) mass is 469 g/mol. The van der Waals surface area contributed by atoms with E-state index >= 15 is 0 Å². The summed E-state index contributed by atoms with van der Waals surface area (Å²) in [5.74, 6) is 0.650. The van der Waals surface area contributed by atoms with Crippen molar-refractivity contribution in [1.29, 1.82) is 0 Å². The van der Waals surface area contributed by atoms with Crippen molar-refractivity contribution in [3.8, 4) is 17.1 Å². The molecular weight excluding hydrogens is 438 g/mol. The van der Waals surface area contributed by atoms with Crippen LogP contribution < -0.4 is 4.74 Å². The molecule has 34 heavy (non-hydrogen) atoms. The number of aliphatic carboxylic acids is 1. The van der Waals surface area contributed by atoms with Gasteiger partial charge in [-0.05, 0) is 37.5 Å². The summed E-state index contributed by atoms with van der Waals surface area (Å²) in [5.41, 5.74) is 2.29. The van der Waals surface area contributed by atoms with E-state index < -0.39 is 12.2 Å². The molecule has 0 saturated heterocycles. The second-order valence-corrected chi connectivity index (χ2v) is 7.41. The van der Waals surface area contributed by atoms with Crippen LogP contribution >= 0.6 is 0 Å². The summed E-state index contributed by atoms with van der Waals surface area (Å²) in [6, 6.07) is 18.2. The molecule has 3 rings (SSSR count). The molecule has 8 heteroatoms. The van der Waals surface area contributed by atoms with E-state index in [-0.39, 0.29) is 6.42 Å². The van der Waals surface area contributed by atoms with Gasteiger partial charge in [-0.3, -0.25) is 14.4 Å². The van der Waals surface area contributed by atoms with Crippen LogP contribution in [0.1, 0.15) is 47.8 Å². The molecule has 182 valence electrons. The molecule has 1 heterocycles. The van der Waals surface area contributed by atoms with Crippen molar-refractivity contribution < 1.29 is 33.8 Å². The molecule has 2 aromatic carbocycles. The molecule has 0 aliphatic heterocycles. The first-order valence-corrected chi connectivity index (χ1v) is 10.9. The van der Waals surface area contributed by atoms with Crippen LogP contribution in [-0.2, 0) is 9.63 Å². The topological polar surface area (TPSA) is 109 Å². The maximum Gasteiger partial charge on any atom is 0.303 e. The van der Waals surface area contributed by atoms with Crippen LogP contribution in [0, 0.1) is 0 Å². The Kier molecular flexibility index (Phi) is 11.5. The van der Waals surface area contributed by atoms with Crippen LogP contribution in [0.4, 0.5) is 0 Å². The average molecular weight is 470 g/mol. The Bertz CT molecular complexity index is 987. The van der Waals surface area contributed by atoms with Gasteiger partial charge in [0.2, 0.25) is 0 Å². The van der Waals surface area contributed by atoms with E-state index in [9.17, 15) is 14.7 Å². The van der Waals surface area contributed by atoms with E-state index in [0.29, 0.717) is 29.9 Å². The number of carboxylic acids is 1. The van der Waals surface area contributed by atoms with Crippen LogP contribution in [-0.4, -0.2) is 48.3 Å². The summed E-state index contributed by atoms with van der Waals surface area (Å²) in [7, 11) is 3.11. The Morgan fingerprint density at radius 2 is 1.79 bits per heavy atom. The molecule has 0 amide bonds. The fraction of sp³-hybridized carbons (Fsp3) is 0.308. The molecular formula is C26H31NO7. The highest BCUT2D eigenvalue weighted by Crippen LogP contribution is 2.27. The van der Waals surface area contributed by atoms with Gasteiger partial charge in [-0.1, -0.05) is 42.5 Å². The van der Waals surface area contributed by atoms with Crippen molar-refractivity contribution in [2.75, 3.05) is 20.8 Å². The summed E-state index contributed by atoms with van der Waals surface area (Å²) in [4.78, 5) is 25.7. The number of carboxylic acid groups (broad SMARTS) is 1. The normalized spacial score (nSPS) is 11.4. The maximum absolute atomic E-state index is 10.4. The molecule has 0 bridgehead atoms. The number of rotatable bonds is 12. The number of carbonyl (C=O) groups is 2. The zero-order chi connectivity index (χ0) is 24.8. The van der Waals surface area contributed by atoms with Crippen LogP contribution in [0.25, 0.3) is 11.3 Å². The Hall–Kier alpha value is -3.46. The fourth-order valence-corrected chi connectivity index (χ4v) is 3.03. The number of para-hydroxylation sites is 1. The molecule has 0 spiro atoms. The third-order valence-electron chi connectivity index (χ3n) is 4.97. The number of ether oxygens (including phenoxy) is 1. The van der Waals surface area contributed by atoms with Crippen molar-refractivity contribution in [3.05, 3.63) is 78.1 Å². The number of aldehydes is 1. The second-order valence-electron chi connectivity index (χ2n) is 7.41. The number of carbonyl (C=O) groups excluding carboxylic acids is 1. The van der Waals surface area contributed by atoms with Gasteiger partial charge in [0.1, 0.15) is 17.8 Å². The summed E-state index contributed by atoms with van der Waals surface area (Å²) < 4.78 is 10.9. The van der Waals surface area contributed by atoms with Gasteiger partial charge in [-0.25, -0.2) is 0 Å². The molecule has 1 aromatic heterocycles. The van der Waals surface area contributed by atoms with Crippen molar-refractivity contribution in [2.24, 2.45) is 0 Å². The number of hydrogen-bond donors (Lipinski definition) is 2. The summed E-state index contributed by atoms with van der Waals surface area (Å²) in [6.45, 7) is 0.486. The average Bonchev–Trinajstić information content (AvgIpc) is 3.41. The SMILES string of the molecule is CON(C)C(O)c1ccccc1OCCCCCC(=O)O.O=Cc1ccc(-c2ccco2)cc1. The number of aliphatic hydroxyl groups excluding tert-OH is 1. The molecule has 0 radical (unpaired) electrons. The number of unbranched alkanes of at least 4 members (excludes halogenated alkanes) is 2. The van der Waals surface area contributed by atoms with E-state index in [1.165, 1.54) is 12.2 Å². The highest BCUT2D eigenvalue weighted by Gasteiger charge is 2.17. The molecule has 8 nitrogen and oxygen atoms in total. The van der Waals surface area contributed by atoms with Crippen molar-refractivity contribution in [2.45, 2.75) is 31.9 Å². The highest BCUT2D eigenvalue weighted by molar-refractivity contribution is 5.76. The molecule has 1 atom stereocenters. The fourth-order valence-electron chi connectivity index (χ4n) is 3.03. The predicted molar refractivity (Wildman–Crippen MR) is 127 cm³/mol. The number of nitrogens with zero attached hydrogens (tertiary/aromatic N) is 1. The van der Waals surface area contributed by atoms with Gasteiger partial charge in [0, 0.05) is 30.2 Å². The lowest BCUT2D eigenvalue weighted by molar-refractivity contribution is -0.206. The van der Waals surface area contributed by atoms with Gasteiger partial charge in [-0.2, -0.15) is 5.06 Å². The molecule has 1 unspecified atom stereocenters. The number of hydrogen-bond acceptors (Lipinski definition) is 7. The maximum atomic E-state index is 10.4. The van der Waals surface area contributed by atoms with Gasteiger partial charge in [0.25, 0.3) is 0 Å². The first-order valence-electron chi connectivity index (χ1n) is 10.9. The third-order valence-corrected chi connectivity index (χ3v) is 4.97. The largest absolute Gasteiger partial charge is 0.493 e. The quantitative estimate of drug-likeness (QED) is 0.166. The van der Waals surface area contributed by atoms with Gasteiger partial charge >= 0.3 is 5.97 Å². The van der Waals surface area contributed by atoms with Crippen molar-refractivity contribution in [1.82, 2.24) is 5.06 Å². The molecule has 0 aliphatic carbocycles. The van der Waals surface area contributed by atoms with E-state index in [1.54, 1.807) is 37.6 Å². The summed E-state index contributed by atoms with van der Waals surface area (Å²) in [5, 5.41) is 20.0. The first-order chi connectivity index (χ1) is 16.5. The van der Waals surface area contributed by atoms with Crippen LogP contribution in [0.3, 0.4) is 0 Å². The van der Waals surface area contributed by atoms with E-state index in [2.05, 4.69) is 0 Å². The lowest BCUT2D eigenvalue weighted by atomic mass is 10.1. The summed E-state index contributed by atoms with van der Waals surface area (Å²) in [6.07, 6.45) is 3.96. The Morgan fingerprint density at radius 3 is 2.41 bits per heavy atom. The standard InChI is InChI=1S/C15H23NO5.C11H8O2/c1-16(20-2)15(19)12-8-5-6-9-13(12)21-11-7-3-4-10-14(17)18;12-8-9-3-5-10(6-4-9)11-2-1-7-13-11/h5-6,8-9,15,19H,3-4,7,10-11H2,1-2H3,(H,17,18);1-8H. The zero-order valence-electron chi connectivity index (χ0n) is 19.4. The first kappa shape index (κ1) is 26.8. The Morgan fingerprint density at radius 1 is 1.06 bits per heavy atom. The molecule has 0 aliphatic rings. The van der Waals surface area contributed by atoms with Crippen molar-refractivity contribution >= 4 is 12.3 Å². The van der Waals surface area contributed by atoms with Crippen molar-refractivity contribution in [3.63, 3.8) is 0 Å². The minimum Gasteiger partial charge on any atom is -0.493 e. The lowest BCUT2D eigenvalue weighted by Crippen LogP contribution is -2.23. The highest BCUT2D eigenvalue weighted by atomic mass is 16.7. The predicted octanol–water partition coefficient (Wildman–Crippen LogP) is 4.95. The van der Waals surface area contributed by atoms with E-state index in [0.717, 1.165) is 30.5 Å². The lowest BCUT2D eigenvalue weighted by Gasteiger charge is -2.23. The number of benzene rings is 2. The van der Waals surface area contributed by atoms with E-state index in [4.69, 9.17) is 19.1 Å². The number of furan rings is 1. The minimum absolute atomic E-state index is 0.188. The van der Waals surface area contributed by atoms with Gasteiger partial charge in [0.05, 0.1) is 20.0 Å². The Labute approximate surface area is 199 Å². The van der Waals surface area contributed by atoms with Crippen LogP contribution in [0.2, 0.25) is 0 Å². The summed E-state index contributed by atoms with van der Waals surface area (Å²) >= 11 is 0. The number of hydroxylamine groups is 2. The minimum atomic E-state index is -0.904. The molecule has 0 fully saturated rings. The number of aliphatic hydroxyl groups is 1. The van der Waals surface area contributed by atoms with E-state index in [1.807, 2.05) is 36.4 Å². The van der Waals surface area contributed by atoms with Crippen LogP contribution in [0.5, 0.6) is 5.75 Å². The molecule has 3 aromatic rings. The van der Waals surface area contributed by atoms with Gasteiger partial charge < -0.3 is 19.4 Å². The Balaban J connectivity index is 0.000000266. The van der Waals surface area contributed by atoms with Crippen LogP contribution in [0.15, 0.2) is 71.3 Å². The zero-order valence-corrected chi connectivity index (χ0v) is 19.4. The third kappa shape index (κ3) is 8.82. The molecule has 2 N–H and O–H groups in total. The second kappa shape index (κ2) is 14.6. The smallest absolute Gasteiger partial charge is 0.303 e. The van der Waals surface area contributed by atoms with Gasteiger partial charge in [0.15, 0.2) is 6.23 Å². The van der Waals surface area contributed by atoms with Gasteiger partial charge in [-0.15, -0.1) is 0 Å².